The van der Waals surface area contributed by atoms with E-state index in [1.54, 1.807) is 6.26 Å². The number of aromatic nitrogens is 3. The molecule has 0 amide bonds. The molecule has 0 unspecified atom stereocenters. The van der Waals surface area contributed by atoms with Crippen molar-refractivity contribution in [3.05, 3.63) is 47.7 Å². The first kappa shape index (κ1) is 13.8. The second kappa shape index (κ2) is 6.11. The van der Waals surface area contributed by atoms with E-state index < -0.39 is 0 Å². The van der Waals surface area contributed by atoms with Gasteiger partial charge in [-0.1, -0.05) is 29.5 Å². The largest absolute Gasteiger partial charge is 0.444 e. The van der Waals surface area contributed by atoms with Crippen molar-refractivity contribution in [1.29, 1.82) is 0 Å². The zero-order valence-corrected chi connectivity index (χ0v) is 12.3. The first-order chi connectivity index (χ1) is 10.2. The van der Waals surface area contributed by atoms with E-state index in [2.05, 4.69) is 15.2 Å². The molecule has 0 saturated carbocycles. The Kier molecular flexibility index (Phi) is 4.03. The molecule has 0 fully saturated rings. The van der Waals surface area contributed by atoms with Crippen LogP contribution in [0.3, 0.4) is 0 Å². The number of hydrogen-bond acceptors (Lipinski definition) is 7. The number of nitrogens with zero attached hydrogens (tertiary/aromatic N) is 3. The maximum atomic E-state index is 5.49. The number of aryl methyl sites for hydroxylation is 1. The lowest BCUT2D eigenvalue weighted by Crippen LogP contribution is -1.95. The maximum Gasteiger partial charge on any atom is 0.277 e. The summed E-state index contributed by atoms with van der Waals surface area (Å²) in [5.74, 6) is 1.64. The van der Waals surface area contributed by atoms with Gasteiger partial charge in [-0.15, -0.1) is 10.2 Å². The summed E-state index contributed by atoms with van der Waals surface area (Å²) in [6.45, 7) is 2.29. The van der Waals surface area contributed by atoms with Crippen molar-refractivity contribution in [3.8, 4) is 11.5 Å². The topological polar surface area (TPSA) is 91.0 Å². The van der Waals surface area contributed by atoms with Crippen molar-refractivity contribution in [1.82, 2.24) is 15.2 Å². The molecule has 2 aromatic heterocycles. The summed E-state index contributed by atoms with van der Waals surface area (Å²) in [4.78, 5) is 4.45. The monoisotopic (exact) mass is 302 g/mol. The Morgan fingerprint density at radius 1 is 1.19 bits per heavy atom. The molecule has 21 heavy (non-hydrogen) atoms. The van der Waals surface area contributed by atoms with Gasteiger partial charge in [-0.25, -0.2) is 4.98 Å². The molecule has 0 radical (unpaired) electrons. The van der Waals surface area contributed by atoms with E-state index in [9.17, 15) is 0 Å². The summed E-state index contributed by atoms with van der Waals surface area (Å²) < 4.78 is 10.8. The van der Waals surface area contributed by atoms with E-state index in [-0.39, 0.29) is 6.54 Å². The van der Waals surface area contributed by atoms with E-state index in [1.165, 1.54) is 17.3 Å². The van der Waals surface area contributed by atoms with E-state index in [0.717, 1.165) is 11.3 Å². The van der Waals surface area contributed by atoms with Crippen molar-refractivity contribution < 1.29 is 8.83 Å². The molecule has 0 spiro atoms. The van der Waals surface area contributed by atoms with Crippen LogP contribution in [0.15, 0.2) is 44.6 Å². The number of nitrogens with two attached hydrogens (primary N) is 1. The third-order valence-corrected chi connectivity index (χ3v) is 3.67. The minimum Gasteiger partial charge on any atom is -0.444 e. The summed E-state index contributed by atoms with van der Waals surface area (Å²) >= 11 is 1.40. The fourth-order valence-electron chi connectivity index (χ4n) is 1.72. The molecule has 2 heterocycles. The molecule has 6 nitrogen and oxygen atoms in total. The zero-order valence-electron chi connectivity index (χ0n) is 11.4. The molecular weight excluding hydrogens is 288 g/mol. The summed E-state index contributed by atoms with van der Waals surface area (Å²) in [6, 6.07) is 8.04. The Labute approximate surface area is 125 Å². The summed E-state index contributed by atoms with van der Waals surface area (Å²) in [7, 11) is 0. The number of rotatable bonds is 5. The SMILES string of the molecule is Cc1ccc(-c2nc(CSc3nnc(CN)o3)co2)cc1. The van der Waals surface area contributed by atoms with Gasteiger partial charge in [0.15, 0.2) is 0 Å². The first-order valence-electron chi connectivity index (χ1n) is 6.41. The van der Waals surface area contributed by atoms with Crippen LogP contribution in [-0.4, -0.2) is 15.2 Å². The van der Waals surface area contributed by atoms with E-state index >= 15 is 0 Å². The van der Waals surface area contributed by atoms with Gasteiger partial charge in [0.1, 0.15) is 6.26 Å². The highest BCUT2D eigenvalue weighted by Gasteiger charge is 2.10. The Balaban J connectivity index is 1.66. The highest BCUT2D eigenvalue weighted by Crippen LogP contribution is 2.24. The molecule has 2 N–H and O–H groups in total. The van der Waals surface area contributed by atoms with Crippen molar-refractivity contribution in [2.24, 2.45) is 5.73 Å². The van der Waals surface area contributed by atoms with E-state index in [1.807, 2.05) is 31.2 Å². The minimum atomic E-state index is 0.245. The van der Waals surface area contributed by atoms with E-state index in [4.69, 9.17) is 14.6 Å². The predicted molar refractivity (Wildman–Crippen MR) is 78.4 cm³/mol. The van der Waals surface area contributed by atoms with Crippen LogP contribution in [0.2, 0.25) is 0 Å². The van der Waals surface area contributed by atoms with Crippen LogP contribution in [-0.2, 0) is 12.3 Å². The minimum absolute atomic E-state index is 0.245. The van der Waals surface area contributed by atoms with Crippen molar-refractivity contribution in [2.75, 3.05) is 0 Å². The molecule has 0 aliphatic heterocycles. The van der Waals surface area contributed by atoms with Crippen LogP contribution < -0.4 is 5.73 Å². The zero-order chi connectivity index (χ0) is 14.7. The smallest absolute Gasteiger partial charge is 0.277 e. The average molecular weight is 302 g/mol. The fourth-order valence-corrected chi connectivity index (χ4v) is 2.37. The van der Waals surface area contributed by atoms with Crippen LogP contribution in [0.5, 0.6) is 0 Å². The molecule has 0 saturated heterocycles. The molecule has 7 heteroatoms. The quantitative estimate of drug-likeness (QED) is 0.724. The molecular formula is C14H14N4O2S. The number of benzene rings is 1. The second-order valence-corrected chi connectivity index (χ2v) is 5.39. The van der Waals surface area contributed by atoms with Crippen molar-refractivity contribution >= 4 is 11.8 Å². The molecule has 0 atom stereocenters. The molecule has 108 valence electrons. The van der Waals surface area contributed by atoms with Crippen molar-refractivity contribution in [3.63, 3.8) is 0 Å². The summed E-state index contributed by atoms with van der Waals surface area (Å²) in [6.07, 6.45) is 1.64. The van der Waals surface area contributed by atoms with Crippen LogP contribution in [0, 0.1) is 6.92 Å². The van der Waals surface area contributed by atoms with Crippen LogP contribution in [0.4, 0.5) is 0 Å². The molecule has 3 rings (SSSR count). The Bertz CT molecular complexity index is 721. The Morgan fingerprint density at radius 3 is 2.71 bits per heavy atom. The highest BCUT2D eigenvalue weighted by atomic mass is 32.2. The summed E-state index contributed by atoms with van der Waals surface area (Å²) in [5, 5.41) is 8.17. The highest BCUT2D eigenvalue weighted by molar-refractivity contribution is 7.98. The lowest BCUT2D eigenvalue weighted by molar-refractivity contribution is 0.414. The fraction of sp³-hybridized carbons (Fsp3) is 0.214. The van der Waals surface area contributed by atoms with Gasteiger partial charge >= 0.3 is 0 Å². The number of hydrogen-bond donors (Lipinski definition) is 1. The maximum absolute atomic E-state index is 5.49. The number of oxazole rings is 1. The predicted octanol–water partition coefficient (Wildman–Crippen LogP) is 2.78. The van der Waals surface area contributed by atoms with E-state index in [0.29, 0.717) is 22.8 Å². The Morgan fingerprint density at radius 2 is 2.00 bits per heavy atom. The van der Waals surface area contributed by atoms with Crippen molar-refractivity contribution in [2.45, 2.75) is 24.4 Å². The normalized spacial score (nSPS) is 11.0. The first-order valence-corrected chi connectivity index (χ1v) is 7.40. The molecule has 0 bridgehead atoms. The average Bonchev–Trinajstić information content (AvgIpc) is 3.15. The van der Waals surface area contributed by atoms with Gasteiger partial charge in [-0.05, 0) is 19.1 Å². The third kappa shape index (κ3) is 3.32. The van der Waals surface area contributed by atoms with Crippen LogP contribution in [0.25, 0.3) is 11.5 Å². The third-order valence-electron chi connectivity index (χ3n) is 2.82. The van der Waals surface area contributed by atoms with Crippen LogP contribution >= 0.6 is 11.8 Å². The van der Waals surface area contributed by atoms with Gasteiger partial charge < -0.3 is 14.6 Å². The van der Waals surface area contributed by atoms with Crippen LogP contribution in [0.1, 0.15) is 17.1 Å². The van der Waals surface area contributed by atoms with Gasteiger partial charge in [0, 0.05) is 11.3 Å². The molecule has 0 aliphatic carbocycles. The molecule has 0 aliphatic rings. The molecule has 3 aromatic rings. The lowest BCUT2D eigenvalue weighted by Gasteiger charge is -1.95. The number of thioether (sulfide) groups is 1. The van der Waals surface area contributed by atoms with Gasteiger partial charge in [0.05, 0.1) is 12.2 Å². The van der Waals surface area contributed by atoms with Gasteiger partial charge in [-0.3, -0.25) is 0 Å². The second-order valence-electron chi connectivity index (χ2n) is 4.46. The van der Waals surface area contributed by atoms with Gasteiger partial charge in [0.2, 0.25) is 11.8 Å². The Hall–Kier alpha value is -2.12. The molecule has 1 aromatic carbocycles. The van der Waals surface area contributed by atoms with Gasteiger partial charge in [-0.2, -0.15) is 0 Å². The van der Waals surface area contributed by atoms with Gasteiger partial charge in [0.25, 0.3) is 5.22 Å². The lowest BCUT2D eigenvalue weighted by atomic mass is 10.1. The standard InChI is InChI=1S/C14H14N4O2S/c1-9-2-4-10(5-3-9)13-16-11(7-19-13)8-21-14-18-17-12(6-15)20-14/h2-5,7H,6,8,15H2,1H3. The summed E-state index contributed by atoms with van der Waals surface area (Å²) in [5.41, 5.74) is 8.40.